The monoisotopic (exact) mass is 173 g/mol. The van der Waals surface area contributed by atoms with Gasteiger partial charge in [-0.3, -0.25) is 9.59 Å². The zero-order valence-electron chi connectivity index (χ0n) is 7.72. The molecule has 12 heavy (non-hydrogen) atoms. The molecule has 0 fully saturated rings. The van der Waals surface area contributed by atoms with Gasteiger partial charge in [0.25, 0.3) is 0 Å². The zero-order chi connectivity index (χ0) is 9.78. The summed E-state index contributed by atoms with van der Waals surface area (Å²) in [5.74, 6) is -0.597. The molecule has 1 amide bonds. The zero-order valence-corrected chi connectivity index (χ0v) is 7.72. The van der Waals surface area contributed by atoms with Gasteiger partial charge < -0.3 is 10.5 Å². The Labute approximate surface area is 72.1 Å². The topological polar surface area (TPSA) is 69.4 Å². The van der Waals surface area contributed by atoms with Gasteiger partial charge in [-0.2, -0.15) is 0 Å². The number of amides is 1. The Morgan fingerprint density at radius 3 is 2.08 bits per heavy atom. The smallest absolute Gasteiger partial charge is 0.243 e. The van der Waals surface area contributed by atoms with Crippen molar-refractivity contribution in [3.05, 3.63) is 0 Å². The van der Waals surface area contributed by atoms with Gasteiger partial charge in [0.2, 0.25) is 5.91 Å². The minimum atomic E-state index is -0.559. The van der Waals surface area contributed by atoms with Gasteiger partial charge in [-0.15, -0.1) is 0 Å². The van der Waals surface area contributed by atoms with Gasteiger partial charge in [0.05, 0.1) is 0 Å². The average molecular weight is 173 g/mol. The third-order valence-corrected chi connectivity index (χ3v) is 1.31. The number of hydrogen-bond donors (Lipinski definition) is 1. The number of ketones is 1. The van der Waals surface area contributed by atoms with Crippen LogP contribution in [0.2, 0.25) is 0 Å². The molecule has 0 aliphatic rings. The summed E-state index contributed by atoms with van der Waals surface area (Å²) in [6.45, 7) is 5.14. The molecule has 0 spiro atoms. The highest BCUT2D eigenvalue weighted by Crippen LogP contribution is 2.13. The van der Waals surface area contributed by atoms with Crippen molar-refractivity contribution in [2.45, 2.75) is 20.8 Å². The standard InChI is InChI=1S/C8H15NO3/c1-8(2,3)6(10)4-12-5-7(9)11/h4-5H2,1-3H3,(H2,9,11). The fourth-order valence-corrected chi connectivity index (χ4v) is 0.461. The van der Waals surface area contributed by atoms with Crippen LogP contribution < -0.4 is 5.73 Å². The van der Waals surface area contributed by atoms with Crippen molar-refractivity contribution in [3.63, 3.8) is 0 Å². The van der Waals surface area contributed by atoms with Crippen LogP contribution >= 0.6 is 0 Å². The number of primary amides is 1. The molecule has 0 heterocycles. The van der Waals surface area contributed by atoms with E-state index < -0.39 is 11.3 Å². The Hall–Kier alpha value is -0.900. The molecule has 0 radical (unpaired) electrons. The number of nitrogens with two attached hydrogens (primary N) is 1. The molecular weight excluding hydrogens is 158 g/mol. The molecule has 4 heteroatoms. The first-order valence-corrected chi connectivity index (χ1v) is 3.73. The lowest BCUT2D eigenvalue weighted by molar-refractivity contribution is -0.133. The number of hydrogen-bond acceptors (Lipinski definition) is 3. The van der Waals surface area contributed by atoms with E-state index in [0.717, 1.165) is 0 Å². The van der Waals surface area contributed by atoms with Crippen molar-refractivity contribution in [1.29, 1.82) is 0 Å². The normalized spacial score (nSPS) is 11.2. The van der Waals surface area contributed by atoms with E-state index in [1.54, 1.807) is 20.8 Å². The molecule has 0 rings (SSSR count). The van der Waals surface area contributed by atoms with Gasteiger partial charge in [0.1, 0.15) is 13.2 Å². The molecule has 0 unspecified atom stereocenters. The maximum atomic E-state index is 11.2. The van der Waals surface area contributed by atoms with Gasteiger partial charge in [0, 0.05) is 5.41 Å². The lowest BCUT2D eigenvalue weighted by Crippen LogP contribution is -2.27. The van der Waals surface area contributed by atoms with E-state index in [9.17, 15) is 9.59 Å². The lowest BCUT2D eigenvalue weighted by atomic mass is 9.91. The second-order valence-electron chi connectivity index (χ2n) is 3.63. The van der Waals surface area contributed by atoms with Crippen LogP contribution in [0.25, 0.3) is 0 Å². The van der Waals surface area contributed by atoms with Crippen LogP contribution in [0.1, 0.15) is 20.8 Å². The quantitative estimate of drug-likeness (QED) is 0.655. The van der Waals surface area contributed by atoms with Crippen LogP contribution in [0.4, 0.5) is 0 Å². The summed E-state index contributed by atoms with van der Waals surface area (Å²) in [5, 5.41) is 0. The molecule has 0 aliphatic carbocycles. The third kappa shape index (κ3) is 4.85. The van der Waals surface area contributed by atoms with Crippen molar-refractivity contribution >= 4 is 11.7 Å². The summed E-state index contributed by atoms with van der Waals surface area (Å²) in [5.41, 5.74) is 4.39. The number of carbonyl (C=O) groups is 2. The van der Waals surface area contributed by atoms with Crippen molar-refractivity contribution < 1.29 is 14.3 Å². The highest BCUT2D eigenvalue weighted by molar-refractivity contribution is 5.85. The summed E-state index contributed by atoms with van der Waals surface area (Å²) in [7, 11) is 0. The first-order chi connectivity index (χ1) is 5.34. The van der Waals surface area contributed by atoms with E-state index in [-0.39, 0.29) is 19.0 Å². The van der Waals surface area contributed by atoms with Crippen LogP contribution in [-0.2, 0) is 14.3 Å². The van der Waals surface area contributed by atoms with E-state index in [1.165, 1.54) is 0 Å². The lowest BCUT2D eigenvalue weighted by Gasteiger charge is -2.15. The van der Waals surface area contributed by atoms with Crippen LogP contribution in [0.5, 0.6) is 0 Å². The molecule has 0 bridgehead atoms. The van der Waals surface area contributed by atoms with E-state index >= 15 is 0 Å². The predicted octanol–water partition coefficient (Wildman–Crippen LogP) is 0.104. The number of Topliss-reactive ketones (excluding diaryl/α,β-unsaturated/α-hetero) is 1. The summed E-state index contributed by atoms with van der Waals surface area (Å²) >= 11 is 0. The second-order valence-corrected chi connectivity index (χ2v) is 3.63. The maximum Gasteiger partial charge on any atom is 0.243 e. The van der Waals surface area contributed by atoms with Crippen molar-refractivity contribution in [1.82, 2.24) is 0 Å². The fraction of sp³-hybridized carbons (Fsp3) is 0.750. The first kappa shape index (κ1) is 11.1. The fourth-order valence-electron chi connectivity index (χ4n) is 0.461. The van der Waals surface area contributed by atoms with Crippen molar-refractivity contribution in [3.8, 4) is 0 Å². The van der Waals surface area contributed by atoms with E-state index in [2.05, 4.69) is 0 Å². The summed E-state index contributed by atoms with van der Waals surface area (Å²) < 4.78 is 4.76. The van der Waals surface area contributed by atoms with Crippen LogP contribution in [0.3, 0.4) is 0 Å². The molecule has 2 N–H and O–H groups in total. The van der Waals surface area contributed by atoms with Gasteiger partial charge in [-0.25, -0.2) is 0 Å². The molecule has 4 nitrogen and oxygen atoms in total. The third-order valence-electron chi connectivity index (χ3n) is 1.31. The van der Waals surface area contributed by atoms with Gasteiger partial charge in [0.15, 0.2) is 5.78 Å². The van der Waals surface area contributed by atoms with Gasteiger partial charge >= 0.3 is 0 Å². The highest BCUT2D eigenvalue weighted by Gasteiger charge is 2.20. The molecule has 0 aromatic carbocycles. The van der Waals surface area contributed by atoms with Crippen LogP contribution in [0, 0.1) is 5.41 Å². The number of carbonyl (C=O) groups excluding carboxylic acids is 2. The predicted molar refractivity (Wildman–Crippen MR) is 44.5 cm³/mol. The Morgan fingerprint density at radius 1 is 1.25 bits per heavy atom. The minimum absolute atomic E-state index is 0.0382. The average Bonchev–Trinajstić information content (AvgIpc) is 1.84. The maximum absolute atomic E-state index is 11.2. The largest absolute Gasteiger partial charge is 0.368 e. The Bertz CT molecular complexity index is 181. The molecule has 0 aromatic rings. The molecule has 70 valence electrons. The van der Waals surface area contributed by atoms with Crippen molar-refractivity contribution in [2.75, 3.05) is 13.2 Å². The van der Waals surface area contributed by atoms with Gasteiger partial charge in [-0.1, -0.05) is 20.8 Å². The number of rotatable bonds is 4. The summed E-state index contributed by atoms with van der Waals surface area (Å²) in [6.07, 6.45) is 0. The molecule has 0 saturated carbocycles. The van der Waals surface area contributed by atoms with Crippen LogP contribution in [0.15, 0.2) is 0 Å². The SMILES string of the molecule is CC(C)(C)C(=O)COCC(N)=O. The Balaban J connectivity index is 3.66. The molecular formula is C8H15NO3. The number of ether oxygens (including phenoxy) is 1. The summed E-state index contributed by atoms with van der Waals surface area (Å²) in [4.78, 5) is 21.4. The Morgan fingerprint density at radius 2 is 1.75 bits per heavy atom. The minimum Gasteiger partial charge on any atom is -0.368 e. The molecule has 0 aliphatic heterocycles. The van der Waals surface area contributed by atoms with E-state index in [1.807, 2.05) is 0 Å². The molecule has 0 atom stereocenters. The molecule has 0 aromatic heterocycles. The molecule has 0 saturated heterocycles. The highest BCUT2D eigenvalue weighted by atomic mass is 16.5. The van der Waals surface area contributed by atoms with E-state index in [4.69, 9.17) is 10.5 Å². The van der Waals surface area contributed by atoms with Crippen LogP contribution in [-0.4, -0.2) is 24.9 Å². The summed E-state index contributed by atoms with van der Waals surface area (Å²) in [6, 6.07) is 0. The second kappa shape index (κ2) is 4.21. The first-order valence-electron chi connectivity index (χ1n) is 3.73. The van der Waals surface area contributed by atoms with Crippen molar-refractivity contribution in [2.24, 2.45) is 11.1 Å². The van der Waals surface area contributed by atoms with E-state index in [0.29, 0.717) is 0 Å². The van der Waals surface area contributed by atoms with Gasteiger partial charge in [-0.05, 0) is 0 Å². The Kier molecular flexibility index (Phi) is 3.89.